The molecule has 4 aromatic rings. The van der Waals surface area contributed by atoms with E-state index < -0.39 is 0 Å². The topological polar surface area (TPSA) is 76.7 Å². The Labute approximate surface area is 153 Å². The molecule has 1 aromatic carbocycles. The summed E-state index contributed by atoms with van der Waals surface area (Å²) in [5.74, 6) is 1.05. The second-order valence-electron chi connectivity index (χ2n) is 6.80. The first-order valence-electron chi connectivity index (χ1n) is 8.84. The van der Waals surface area contributed by atoms with E-state index >= 15 is 0 Å². The molecule has 0 aliphatic heterocycles. The third kappa shape index (κ3) is 2.50. The highest BCUT2D eigenvalue weighted by molar-refractivity contribution is 7.15. The fraction of sp³-hybridized carbons (Fsp3) is 0.316. The van der Waals surface area contributed by atoms with Crippen LogP contribution in [0.25, 0.3) is 33.2 Å². The molecule has 5 rings (SSSR count). The summed E-state index contributed by atoms with van der Waals surface area (Å²) >= 11 is 1.62. The van der Waals surface area contributed by atoms with Gasteiger partial charge in [-0.3, -0.25) is 4.57 Å². The number of aromatic amines is 1. The van der Waals surface area contributed by atoms with Crippen LogP contribution in [0.2, 0.25) is 0 Å². The summed E-state index contributed by atoms with van der Waals surface area (Å²) in [4.78, 5) is 22.1. The molecule has 1 aliphatic carbocycles. The quantitative estimate of drug-likeness (QED) is 0.578. The van der Waals surface area contributed by atoms with Gasteiger partial charge in [0.05, 0.1) is 15.9 Å². The van der Waals surface area contributed by atoms with Crippen LogP contribution in [0.5, 0.6) is 0 Å². The van der Waals surface area contributed by atoms with E-state index in [0.717, 1.165) is 34.3 Å². The van der Waals surface area contributed by atoms with Crippen molar-refractivity contribution in [3.8, 4) is 22.2 Å². The summed E-state index contributed by atoms with van der Waals surface area (Å²) in [7, 11) is 0. The van der Waals surface area contributed by atoms with Gasteiger partial charge >= 0.3 is 5.69 Å². The molecule has 1 aliphatic rings. The Morgan fingerprint density at radius 3 is 2.85 bits per heavy atom. The van der Waals surface area contributed by atoms with E-state index in [9.17, 15) is 4.79 Å². The van der Waals surface area contributed by atoms with Gasteiger partial charge in [-0.05, 0) is 50.1 Å². The molecule has 7 heteroatoms. The monoisotopic (exact) mass is 366 g/mol. The number of aromatic nitrogens is 4. The van der Waals surface area contributed by atoms with Gasteiger partial charge in [-0.1, -0.05) is 18.0 Å². The highest BCUT2D eigenvalue weighted by Crippen LogP contribution is 2.32. The molecule has 0 radical (unpaired) electrons. The first-order valence-corrected chi connectivity index (χ1v) is 9.66. The van der Waals surface area contributed by atoms with Crippen molar-refractivity contribution in [2.45, 2.75) is 38.6 Å². The molecule has 3 heterocycles. The van der Waals surface area contributed by atoms with Crippen molar-refractivity contribution in [3.63, 3.8) is 0 Å². The number of thiophene rings is 1. The zero-order chi connectivity index (χ0) is 17.7. The normalized spacial score (nSPS) is 15.3. The third-order valence-electron chi connectivity index (χ3n) is 5.04. The molecule has 0 atom stereocenters. The number of rotatable bonds is 3. The Morgan fingerprint density at radius 1 is 1.23 bits per heavy atom. The Kier molecular flexibility index (Phi) is 3.56. The average molecular weight is 366 g/mol. The summed E-state index contributed by atoms with van der Waals surface area (Å²) < 4.78 is 7.32. The molecular formula is C19H18N4O2S. The fourth-order valence-electron chi connectivity index (χ4n) is 3.79. The van der Waals surface area contributed by atoms with Crippen molar-refractivity contribution >= 4 is 22.4 Å². The van der Waals surface area contributed by atoms with Gasteiger partial charge in [0, 0.05) is 16.5 Å². The van der Waals surface area contributed by atoms with Crippen molar-refractivity contribution in [1.82, 2.24) is 19.7 Å². The molecule has 1 saturated carbocycles. The maximum Gasteiger partial charge on any atom is 0.326 e. The van der Waals surface area contributed by atoms with Crippen LogP contribution in [0.1, 0.15) is 36.6 Å². The Balaban J connectivity index is 1.54. The number of hydrogen-bond donors (Lipinski definition) is 1. The molecule has 6 nitrogen and oxygen atoms in total. The molecule has 0 unspecified atom stereocenters. The molecule has 1 N–H and O–H groups in total. The largest absolute Gasteiger partial charge is 0.333 e. The van der Waals surface area contributed by atoms with Gasteiger partial charge in [0.25, 0.3) is 5.89 Å². The smallest absolute Gasteiger partial charge is 0.326 e. The second kappa shape index (κ2) is 5.95. The number of imidazole rings is 1. The lowest BCUT2D eigenvalue weighted by atomic mass is 10.1. The minimum absolute atomic E-state index is 0.0353. The molecule has 132 valence electrons. The van der Waals surface area contributed by atoms with Gasteiger partial charge < -0.3 is 9.51 Å². The average Bonchev–Trinajstić information content (AvgIpc) is 3.40. The zero-order valence-corrected chi connectivity index (χ0v) is 15.2. The summed E-state index contributed by atoms with van der Waals surface area (Å²) in [6, 6.07) is 10.2. The van der Waals surface area contributed by atoms with Gasteiger partial charge in [-0.2, -0.15) is 4.98 Å². The Bertz CT molecular complexity index is 1140. The van der Waals surface area contributed by atoms with Gasteiger partial charge in [0.15, 0.2) is 0 Å². The summed E-state index contributed by atoms with van der Waals surface area (Å²) in [6.07, 6.45) is 4.53. The summed E-state index contributed by atoms with van der Waals surface area (Å²) in [5.41, 5.74) is 2.56. The van der Waals surface area contributed by atoms with Crippen molar-refractivity contribution in [2.24, 2.45) is 0 Å². The van der Waals surface area contributed by atoms with Crippen LogP contribution in [0.4, 0.5) is 0 Å². The van der Waals surface area contributed by atoms with E-state index in [1.54, 1.807) is 11.3 Å². The van der Waals surface area contributed by atoms with Crippen molar-refractivity contribution in [3.05, 3.63) is 45.7 Å². The number of aryl methyl sites for hydroxylation is 1. The number of nitrogens with one attached hydrogen (secondary N) is 1. The van der Waals surface area contributed by atoms with Crippen LogP contribution in [0.15, 0.2) is 39.6 Å². The van der Waals surface area contributed by atoms with Crippen molar-refractivity contribution < 1.29 is 4.52 Å². The van der Waals surface area contributed by atoms with E-state index in [-0.39, 0.29) is 5.69 Å². The molecule has 0 bridgehead atoms. The summed E-state index contributed by atoms with van der Waals surface area (Å²) in [5, 5.41) is 4.11. The van der Waals surface area contributed by atoms with Crippen LogP contribution >= 0.6 is 11.3 Å². The van der Waals surface area contributed by atoms with E-state index in [4.69, 9.17) is 4.52 Å². The zero-order valence-electron chi connectivity index (χ0n) is 14.4. The highest BCUT2D eigenvalue weighted by atomic mass is 32.1. The SMILES string of the molecule is Cc1ccc(-c2nc(-c3ccc4c(c3)[nH]c(=O)n4C3CCCC3)no2)s1. The van der Waals surface area contributed by atoms with Crippen molar-refractivity contribution in [2.75, 3.05) is 0 Å². The summed E-state index contributed by atoms with van der Waals surface area (Å²) in [6.45, 7) is 2.05. The second-order valence-corrected chi connectivity index (χ2v) is 8.09. The van der Waals surface area contributed by atoms with Crippen molar-refractivity contribution in [1.29, 1.82) is 0 Å². The van der Waals surface area contributed by atoms with Crippen LogP contribution in [-0.4, -0.2) is 19.7 Å². The van der Waals surface area contributed by atoms with Gasteiger partial charge in [-0.15, -0.1) is 11.3 Å². The maximum absolute atomic E-state index is 12.4. The van der Waals surface area contributed by atoms with Gasteiger partial charge in [0.2, 0.25) is 5.82 Å². The van der Waals surface area contributed by atoms with Gasteiger partial charge in [0.1, 0.15) is 0 Å². The first kappa shape index (κ1) is 15.6. The van der Waals surface area contributed by atoms with E-state index in [1.807, 2.05) is 41.8 Å². The Hall–Kier alpha value is -2.67. The Morgan fingerprint density at radius 2 is 2.08 bits per heavy atom. The standard InChI is InChI=1S/C19H18N4O2S/c1-11-6-9-16(26-11)18-21-17(22-25-18)12-7-8-15-14(10-12)20-19(24)23(15)13-4-2-3-5-13/h6-10,13H,2-5H2,1H3,(H,20,24). The van der Waals surface area contributed by atoms with Gasteiger partial charge in [-0.25, -0.2) is 4.79 Å². The molecule has 3 aromatic heterocycles. The number of hydrogen-bond acceptors (Lipinski definition) is 5. The van der Waals surface area contributed by atoms with Crippen LogP contribution in [0.3, 0.4) is 0 Å². The molecule has 1 fully saturated rings. The first-order chi connectivity index (χ1) is 12.7. The molecule has 0 amide bonds. The predicted octanol–water partition coefficient (Wildman–Crippen LogP) is 4.53. The lowest BCUT2D eigenvalue weighted by Gasteiger charge is -2.11. The molecule has 0 saturated heterocycles. The van der Waals surface area contributed by atoms with E-state index in [1.165, 1.54) is 17.7 Å². The van der Waals surface area contributed by atoms with Crippen LogP contribution in [-0.2, 0) is 0 Å². The van der Waals surface area contributed by atoms with E-state index in [0.29, 0.717) is 17.8 Å². The molecule has 26 heavy (non-hydrogen) atoms. The number of benzene rings is 1. The van der Waals surface area contributed by atoms with Crippen LogP contribution in [0, 0.1) is 6.92 Å². The minimum Gasteiger partial charge on any atom is -0.333 e. The minimum atomic E-state index is -0.0353. The lowest BCUT2D eigenvalue weighted by Crippen LogP contribution is -2.20. The number of nitrogens with zero attached hydrogens (tertiary/aromatic N) is 3. The van der Waals surface area contributed by atoms with Crippen LogP contribution < -0.4 is 5.69 Å². The van der Waals surface area contributed by atoms with E-state index in [2.05, 4.69) is 15.1 Å². The predicted molar refractivity (Wildman–Crippen MR) is 101 cm³/mol. The fourth-order valence-corrected chi connectivity index (χ4v) is 4.57. The lowest BCUT2D eigenvalue weighted by molar-refractivity contribution is 0.433. The maximum atomic E-state index is 12.4. The highest BCUT2D eigenvalue weighted by Gasteiger charge is 2.21. The number of fused-ring (bicyclic) bond motifs is 1. The molecular weight excluding hydrogens is 348 g/mol. The number of H-pyrrole nitrogens is 1. The molecule has 0 spiro atoms. The third-order valence-corrected chi connectivity index (χ3v) is 6.03.